The third-order valence-corrected chi connectivity index (χ3v) is 4.31. The fraction of sp³-hybridized carbons (Fsp3) is 0.333. The number of aryl methyl sites for hydroxylation is 1. The number of hydrogen-bond acceptors (Lipinski definition) is 3. The van der Waals surface area contributed by atoms with Gasteiger partial charge in [-0.05, 0) is 56.5 Å². The van der Waals surface area contributed by atoms with Gasteiger partial charge >= 0.3 is 0 Å². The summed E-state index contributed by atoms with van der Waals surface area (Å²) < 4.78 is 5.66. The fourth-order valence-electron chi connectivity index (χ4n) is 2.56. The molecular weight excluding hydrogens is 328 g/mol. The zero-order valence-electron chi connectivity index (χ0n) is 15.1. The summed E-state index contributed by atoms with van der Waals surface area (Å²) in [6.45, 7) is 4.11. The van der Waals surface area contributed by atoms with Crippen LogP contribution in [0.4, 0.5) is 5.69 Å². The number of hydrogen-bond donors (Lipinski definition) is 2. The smallest absolute Gasteiger partial charge is 0.261 e. The van der Waals surface area contributed by atoms with E-state index in [9.17, 15) is 9.59 Å². The van der Waals surface area contributed by atoms with Crippen LogP contribution in [-0.2, 0) is 16.1 Å². The molecule has 0 aliphatic heterocycles. The Labute approximate surface area is 153 Å². The second-order valence-corrected chi connectivity index (χ2v) is 6.75. The zero-order chi connectivity index (χ0) is 18.5. The Kier molecular flexibility index (Phi) is 5.56. The highest BCUT2D eigenvalue weighted by Gasteiger charge is 2.29. The van der Waals surface area contributed by atoms with Gasteiger partial charge in [-0.15, -0.1) is 0 Å². The molecule has 0 heterocycles. The predicted octanol–water partition coefficient (Wildman–Crippen LogP) is 3.43. The minimum absolute atomic E-state index is 0.0753. The number of amides is 2. The van der Waals surface area contributed by atoms with E-state index in [0.29, 0.717) is 12.3 Å². The molecule has 0 unspecified atom stereocenters. The number of benzene rings is 2. The van der Waals surface area contributed by atoms with Crippen molar-refractivity contribution in [2.45, 2.75) is 39.3 Å². The topological polar surface area (TPSA) is 67.4 Å². The minimum atomic E-state index is -0.588. The van der Waals surface area contributed by atoms with Crippen LogP contribution in [0, 0.1) is 12.8 Å². The van der Waals surface area contributed by atoms with Gasteiger partial charge in [0.05, 0.1) is 0 Å². The third-order valence-electron chi connectivity index (χ3n) is 4.31. The summed E-state index contributed by atoms with van der Waals surface area (Å²) in [5.41, 5.74) is 2.83. The summed E-state index contributed by atoms with van der Waals surface area (Å²) >= 11 is 0. The molecule has 0 radical (unpaired) electrons. The molecule has 2 amide bonds. The summed E-state index contributed by atoms with van der Waals surface area (Å²) in [6, 6.07) is 15.1. The van der Waals surface area contributed by atoms with Gasteiger partial charge in [0.25, 0.3) is 5.91 Å². The van der Waals surface area contributed by atoms with Crippen LogP contribution in [0.15, 0.2) is 48.5 Å². The van der Waals surface area contributed by atoms with Crippen LogP contribution in [0.1, 0.15) is 30.9 Å². The lowest BCUT2D eigenvalue weighted by Crippen LogP contribution is -2.35. The third kappa shape index (κ3) is 5.09. The average molecular weight is 352 g/mol. The molecule has 2 N–H and O–H groups in total. The Morgan fingerprint density at radius 3 is 2.58 bits per heavy atom. The monoisotopic (exact) mass is 352 g/mol. The lowest BCUT2D eigenvalue weighted by atomic mass is 10.2. The Bertz CT molecular complexity index is 782. The van der Waals surface area contributed by atoms with E-state index in [1.54, 1.807) is 6.92 Å². The van der Waals surface area contributed by atoms with Crippen LogP contribution < -0.4 is 15.4 Å². The van der Waals surface area contributed by atoms with Gasteiger partial charge in [0.2, 0.25) is 5.91 Å². The van der Waals surface area contributed by atoms with Crippen molar-refractivity contribution in [3.05, 3.63) is 59.7 Å². The molecule has 2 aromatic carbocycles. The van der Waals surface area contributed by atoms with Crippen molar-refractivity contribution < 1.29 is 14.3 Å². The van der Waals surface area contributed by atoms with Crippen LogP contribution in [-0.4, -0.2) is 17.9 Å². The highest BCUT2D eigenvalue weighted by molar-refractivity contribution is 5.94. The molecule has 5 heteroatoms. The Balaban J connectivity index is 1.50. The van der Waals surface area contributed by atoms with Crippen LogP contribution in [0.25, 0.3) is 0 Å². The minimum Gasteiger partial charge on any atom is -0.481 e. The summed E-state index contributed by atoms with van der Waals surface area (Å²) in [6.07, 6.45) is 1.36. The van der Waals surface area contributed by atoms with Gasteiger partial charge in [-0.2, -0.15) is 0 Å². The van der Waals surface area contributed by atoms with Gasteiger partial charge < -0.3 is 15.4 Å². The molecule has 1 aliphatic rings. The van der Waals surface area contributed by atoms with Crippen molar-refractivity contribution in [3.8, 4) is 5.75 Å². The number of ether oxygens (including phenoxy) is 1. The van der Waals surface area contributed by atoms with Crippen molar-refractivity contribution in [2.24, 2.45) is 5.92 Å². The van der Waals surface area contributed by atoms with E-state index in [1.807, 2.05) is 55.5 Å². The molecule has 1 aliphatic carbocycles. The van der Waals surface area contributed by atoms with Gasteiger partial charge in [0, 0.05) is 18.2 Å². The molecule has 0 spiro atoms. The van der Waals surface area contributed by atoms with Crippen molar-refractivity contribution in [1.29, 1.82) is 0 Å². The van der Waals surface area contributed by atoms with Crippen LogP contribution in [0.5, 0.6) is 5.75 Å². The van der Waals surface area contributed by atoms with Gasteiger partial charge in [-0.3, -0.25) is 9.59 Å². The second-order valence-electron chi connectivity index (χ2n) is 6.75. The Hall–Kier alpha value is -2.82. The molecule has 0 bridgehead atoms. The number of rotatable bonds is 7. The molecule has 2 aromatic rings. The molecule has 136 valence electrons. The first kappa shape index (κ1) is 18.0. The van der Waals surface area contributed by atoms with E-state index in [1.165, 1.54) is 0 Å². The van der Waals surface area contributed by atoms with Crippen molar-refractivity contribution in [3.63, 3.8) is 0 Å². The number of carbonyl (C=O) groups is 2. The molecule has 3 rings (SSSR count). The van der Waals surface area contributed by atoms with E-state index in [4.69, 9.17) is 4.74 Å². The normalized spacial score (nSPS) is 14.4. The van der Waals surface area contributed by atoms with Gasteiger partial charge in [0.1, 0.15) is 5.75 Å². The quantitative estimate of drug-likeness (QED) is 0.802. The number of nitrogens with one attached hydrogen (secondary N) is 2. The van der Waals surface area contributed by atoms with Gasteiger partial charge in [-0.25, -0.2) is 0 Å². The Morgan fingerprint density at radius 1 is 1.15 bits per heavy atom. The van der Waals surface area contributed by atoms with Crippen LogP contribution in [0.2, 0.25) is 0 Å². The van der Waals surface area contributed by atoms with E-state index in [0.717, 1.165) is 29.7 Å². The van der Waals surface area contributed by atoms with E-state index in [2.05, 4.69) is 10.6 Å². The molecule has 1 saturated carbocycles. The van der Waals surface area contributed by atoms with Gasteiger partial charge in [0.15, 0.2) is 6.10 Å². The lowest BCUT2D eigenvalue weighted by Gasteiger charge is -2.15. The predicted molar refractivity (Wildman–Crippen MR) is 101 cm³/mol. The molecule has 1 atom stereocenters. The summed E-state index contributed by atoms with van der Waals surface area (Å²) in [7, 11) is 0. The average Bonchev–Trinajstić information content (AvgIpc) is 3.47. The van der Waals surface area contributed by atoms with E-state index < -0.39 is 6.10 Å². The SMILES string of the molecule is Cc1ccc(O[C@@H](C)C(=O)NCc2cccc(NC(=O)C3CC3)c2)cc1. The highest BCUT2D eigenvalue weighted by Crippen LogP contribution is 2.30. The number of anilines is 1. The van der Waals surface area contributed by atoms with Crippen molar-refractivity contribution >= 4 is 17.5 Å². The van der Waals surface area contributed by atoms with Crippen molar-refractivity contribution in [2.75, 3.05) is 5.32 Å². The maximum atomic E-state index is 12.2. The standard InChI is InChI=1S/C21H24N2O3/c1-14-6-10-19(11-7-14)26-15(2)20(24)22-13-16-4-3-5-18(12-16)23-21(25)17-8-9-17/h3-7,10-12,15,17H,8-9,13H2,1-2H3,(H,22,24)(H,23,25)/t15-/m0/s1. The molecule has 5 nitrogen and oxygen atoms in total. The molecule has 0 saturated heterocycles. The molecule has 1 fully saturated rings. The van der Waals surface area contributed by atoms with Gasteiger partial charge in [-0.1, -0.05) is 29.8 Å². The van der Waals surface area contributed by atoms with Crippen molar-refractivity contribution in [1.82, 2.24) is 5.32 Å². The molecule has 0 aromatic heterocycles. The molecule has 26 heavy (non-hydrogen) atoms. The fourth-order valence-corrected chi connectivity index (χ4v) is 2.56. The molecular formula is C21H24N2O3. The second kappa shape index (κ2) is 8.04. The number of carbonyl (C=O) groups excluding carboxylic acids is 2. The van der Waals surface area contributed by atoms with Crippen LogP contribution >= 0.6 is 0 Å². The maximum absolute atomic E-state index is 12.2. The highest BCUT2D eigenvalue weighted by atomic mass is 16.5. The maximum Gasteiger partial charge on any atom is 0.261 e. The summed E-state index contributed by atoms with van der Waals surface area (Å²) in [4.78, 5) is 24.1. The largest absolute Gasteiger partial charge is 0.481 e. The first-order valence-corrected chi connectivity index (χ1v) is 8.92. The lowest BCUT2D eigenvalue weighted by molar-refractivity contribution is -0.127. The Morgan fingerprint density at radius 2 is 1.88 bits per heavy atom. The van der Waals surface area contributed by atoms with E-state index in [-0.39, 0.29) is 17.7 Å². The van der Waals surface area contributed by atoms with Crippen LogP contribution in [0.3, 0.4) is 0 Å². The first-order valence-electron chi connectivity index (χ1n) is 8.92. The summed E-state index contributed by atoms with van der Waals surface area (Å²) in [5, 5.41) is 5.78. The summed E-state index contributed by atoms with van der Waals surface area (Å²) in [5.74, 6) is 0.727. The zero-order valence-corrected chi connectivity index (χ0v) is 15.1. The van der Waals surface area contributed by atoms with E-state index >= 15 is 0 Å². The first-order chi connectivity index (χ1) is 12.5.